The summed E-state index contributed by atoms with van der Waals surface area (Å²) in [6, 6.07) is 8.12. The highest BCUT2D eigenvalue weighted by Crippen LogP contribution is 2.39. The van der Waals surface area contributed by atoms with E-state index >= 15 is 0 Å². The van der Waals surface area contributed by atoms with Crippen LogP contribution in [-0.2, 0) is 17.6 Å². The summed E-state index contributed by atoms with van der Waals surface area (Å²) < 4.78 is 10.7. The largest absolute Gasteiger partial charge is 0.481 e. The molecule has 0 unspecified atom stereocenters. The number of aromatic nitrogens is 2. The van der Waals surface area contributed by atoms with Crippen molar-refractivity contribution in [1.82, 2.24) is 9.97 Å². The van der Waals surface area contributed by atoms with Gasteiger partial charge < -0.3 is 14.5 Å². The molecule has 1 aliphatic carbocycles. The molecule has 2 heterocycles. The number of methoxy groups -OCH3 is 1. The average Bonchev–Trinajstić information content (AvgIpc) is 3.23. The lowest BCUT2D eigenvalue weighted by atomic mass is 9.99. The van der Waals surface area contributed by atoms with Gasteiger partial charge in [-0.25, -0.2) is 9.78 Å². The summed E-state index contributed by atoms with van der Waals surface area (Å²) in [5, 5.41) is 1.01. The summed E-state index contributed by atoms with van der Waals surface area (Å²) in [7, 11) is 1.59. The molecule has 0 aliphatic heterocycles. The summed E-state index contributed by atoms with van der Waals surface area (Å²) in [4.78, 5) is 20.1. The van der Waals surface area contributed by atoms with E-state index in [0.29, 0.717) is 18.2 Å². The minimum atomic E-state index is -0.361. The fourth-order valence-corrected chi connectivity index (χ4v) is 3.65. The number of aromatic amines is 1. The van der Waals surface area contributed by atoms with Gasteiger partial charge in [0.1, 0.15) is 5.69 Å². The Morgan fingerprint density at radius 3 is 2.84 bits per heavy atom. The Labute approximate surface area is 146 Å². The van der Waals surface area contributed by atoms with Crippen LogP contribution < -0.4 is 4.74 Å². The number of benzene rings is 1. The second-order valence-corrected chi connectivity index (χ2v) is 6.18. The van der Waals surface area contributed by atoms with Crippen molar-refractivity contribution < 1.29 is 14.3 Å². The van der Waals surface area contributed by atoms with E-state index in [1.807, 2.05) is 12.1 Å². The number of nitrogens with one attached hydrogen (secondary N) is 1. The predicted molar refractivity (Wildman–Crippen MR) is 96.1 cm³/mol. The third kappa shape index (κ3) is 2.56. The lowest BCUT2D eigenvalue weighted by molar-refractivity contribution is 0.0521. The molecule has 0 fully saturated rings. The Morgan fingerprint density at radius 2 is 2.08 bits per heavy atom. The summed E-state index contributed by atoms with van der Waals surface area (Å²) in [6.45, 7) is 2.13. The van der Waals surface area contributed by atoms with Crippen molar-refractivity contribution in [2.45, 2.75) is 26.2 Å². The van der Waals surface area contributed by atoms with Gasteiger partial charge in [-0.05, 0) is 61.6 Å². The normalized spacial score (nSPS) is 13.0. The summed E-state index contributed by atoms with van der Waals surface area (Å²) in [5.74, 6) is 0.134. The Balaban J connectivity index is 2.01. The number of H-pyrrole nitrogens is 1. The zero-order valence-electron chi connectivity index (χ0n) is 14.4. The highest BCUT2D eigenvalue weighted by Gasteiger charge is 2.24. The van der Waals surface area contributed by atoms with Gasteiger partial charge in [-0.3, -0.25) is 0 Å². The molecule has 0 spiro atoms. The Bertz CT molecular complexity index is 959. The lowest BCUT2D eigenvalue weighted by Gasteiger charge is -2.09. The monoisotopic (exact) mass is 336 g/mol. The van der Waals surface area contributed by atoms with Gasteiger partial charge in [-0.1, -0.05) is 0 Å². The second-order valence-electron chi connectivity index (χ2n) is 6.18. The summed E-state index contributed by atoms with van der Waals surface area (Å²) >= 11 is 0. The molecule has 1 N–H and O–H groups in total. The van der Waals surface area contributed by atoms with Crippen LogP contribution in [0.5, 0.6) is 5.88 Å². The standard InChI is InChI=1S/C20H20N2O3/c1-3-25-20(23)18-17(14-8-5-9-21-19(14)24-2)15-10-12-6-4-7-13(12)11-16(15)22-18/h5,8-11,22H,3-4,6-7H2,1-2H3. The van der Waals surface area contributed by atoms with E-state index in [2.05, 4.69) is 22.1 Å². The molecular weight excluding hydrogens is 316 g/mol. The lowest BCUT2D eigenvalue weighted by Crippen LogP contribution is -2.07. The van der Waals surface area contributed by atoms with E-state index in [1.54, 1.807) is 20.2 Å². The van der Waals surface area contributed by atoms with Crippen molar-refractivity contribution in [2.24, 2.45) is 0 Å². The third-order valence-electron chi connectivity index (χ3n) is 4.72. The molecule has 0 bridgehead atoms. The quantitative estimate of drug-likeness (QED) is 0.734. The molecule has 0 atom stereocenters. The van der Waals surface area contributed by atoms with Crippen LogP contribution in [0.25, 0.3) is 22.0 Å². The van der Waals surface area contributed by atoms with Crippen molar-refractivity contribution in [3.05, 3.63) is 47.3 Å². The number of carbonyl (C=O) groups is 1. The first-order valence-electron chi connectivity index (χ1n) is 8.57. The number of carbonyl (C=O) groups excluding carboxylic acids is 1. The number of rotatable bonds is 4. The Hall–Kier alpha value is -2.82. The maximum atomic E-state index is 12.5. The van der Waals surface area contributed by atoms with Crippen LogP contribution in [0.1, 0.15) is 35.0 Å². The molecule has 1 aromatic carbocycles. The number of aryl methyl sites for hydroxylation is 2. The number of nitrogens with zero attached hydrogens (tertiary/aromatic N) is 1. The molecule has 3 aromatic rings. The Kier molecular flexibility index (Phi) is 3.92. The van der Waals surface area contributed by atoms with Crippen molar-refractivity contribution in [3.8, 4) is 17.0 Å². The minimum absolute atomic E-state index is 0.328. The number of esters is 1. The highest BCUT2D eigenvalue weighted by atomic mass is 16.5. The Morgan fingerprint density at radius 1 is 1.28 bits per heavy atom. The van der Waals surface area contributed by atoms with E-state index in [4.69, 9.17) is 9.47 Å². The van der Waals surface area contributed by atoms with Crippen molar-refractivity contribution in [1.29, 1.82) is 0 Å². The molecule has 0 saturated carbocycles. The minimum Gasteiger partial charge on any atom is -0.481 e. The van der Waals surface area contributed by atoms with Gasteiger partial charge in [-0.15, -0.1) is 0 Å². The first kappa shape index (κ1) is 15.7. The van der Waals surface area contributed by atoms with Crippen LogP contribution in [0.2, 0.25) is 0 Å². The van der Waals surface area contributed by atoms with Crippen LogP contribution in [0.15, 0.2) is 30.5 Å². The maximum absolute atomic E-state index is 12.5. The molecule has 25 heavy (non-hydrogen) atoms. The molecule has 1 aliphatic rings. The molecule has 0 amide bonds. The fourth-order valence-electron chi connectivity index (χ4n) is 3.65. The zero-order valence-corrected chi connectivity index (χ0v) is 14.4. The smallest absolute Gasteiger partial charge is 0.355 e. The molecule has 0 radical (unpaired) electrons. The van der Waals surface area contributed by atoms with Crippen LogP contribution in [0, 0.1) is 0 Å². The topological polar surface area (TPSA) is 64.2 Å². The second kappa shape index (κ2) is 6.24. The molecular formula is C20H20N2O3. The van der Waals surface area contributed by atoms with Gasteiger partial charge in [0.05, 0.1) is 13.7 Å². The van der Waals surface area contributed by atoms with E-state index in [1.165, 1.54) is 17.5 Å². The van der Waals surface area contributed by atoms with Gasteiger partial charge in [0.2, 0.25) is 5.88 Å². The number of hydrogen-bond donors (Lipinski definition) is 1. The van der Waals surface area contributed by atoms with Gasteiger partial charge in [-0.2, -0.15) is 0 Å². The molecule has 128 valence electrons. The number of fused-ring (bicyclic) bond motifs is 2. The van der Waals surface area contributed by atoms with E-state index in [0.717, 1.165) is 34.9 Å². The average molecular weight is 336 g/mol. The zero-order chi connectivity index (χ0) is 17.4. The first-order valence-corrected chi connectivity index (χ1v) is 8.57. The number of hydrogen-bond acceptors (Lipinski definition) is 4. The maximum Gasteiger partial charge on any atom is 0.355 e. The molecule has 5 heteroatoms. The van der Waals surface area contributed by atoms with Crippen molar-refractivity contribution in [3.63, 3.8) is 0 Å². The number of pyridine rings is 1. The highest BCUT2D eigenvalue weighted by molar-refractivity contribution is 6.09. The number of ether oxygens (including phenoxy) is 2. The van der Waals surface area contributed by atoms with Crippen LogP contribution in [0.4, 0.5) is 0 Å². The fraction of sp³-hybridized carbons (Fsp3) is 0.300. The van der Waals surface area contributed by atoms with E-state index < -0.39 is 0 Å². The van der Waals surface area contributed by atoms with Crippen LogP contribution in [-0.4, -0.2) is 29.7 Å². The van der Waals surface area contributed by atoms with Crippen LogP contribution >= 0.6 is 0 Å². The summed E-state index contributed by atoms with van der Waals surface area (Å²) in [6.07, 6.45) is 5.02. The van der Waals surface area contributed by atoms with E-state index in [-0.39, 0.29) is 5.97 Å². The summed E-state index contributed by atoms with van der Waals surface area (Å²) in [5.41, 5.74) is 5.70. The van der Waals surface area contributed by atoms with Gasteiger partial charge in [0, 0.05) is 28.2 Å². The van der Waals surface area contributed by atoms with Crippen molar-refractivity contribution >= 4 is 16.9 Å². The van der Waals surface area contributed by atoms with Gasteiger partial charge >= 0.3 is 5.97 Å². The molecule has 5 nitrogen and oxygen atoms in total. The SMILES string of the molecule is CCOC(=O)c1[nH]c2cc3c(cc2c1-c1cccnc1OC)CCC3. The molecule has 4 rings (SSSR count). The van der Waals surface area contributed by atoms with Crippen LogP contribution in [0.3, 0.4) is 0 Å². The molecule has 2 aromatic heterocycles. The van der Waals surface area contributed by atoms with Gasteiger partial charge in [0.25, 0.3) is 0 Å². The predicted octanol–water partition coefficient (Wildman–Crippen LogP) is 3.90. The third-order valence-corrected chi connectivity index (χ3v) is 4.72. The molecule has 0 saturated heterocycles. The van der Waals surface area contributed by atoms with Gasteiger partial charge in [0.15, 0.2) is 0 Å². The van der Waals surface area contributed by atoms with Crippen molar-refractivity contribution in [2.75, 3.05) is 13.7 Å². The first-order chi connectivity index (χ1) is 12.2. The van der Waals surface area contributed by atoms with E-state index in [9.17, 15) is 4.79 Å².